The van der Waals surface area contributed by atoms with Crippen molar-refractivity contribution in [1.82, 2.24) is 5.32 Å². The molecule has 4 nitrogen and oxygen atoms in total. The van der Waals surface area contributed by atoms with E-state index in [0.717, 1.165) is 23.3 Å². The van der Waals surface area contributed by atoms with E-state index in [0.29, 0.717) is 0 Å². The standard InChI is InChI=1S/C23H20F2N2O2/c24-19-12-7-13-20(25)23(19)27-22(29)15-26-21(28)14-18(16-8-3-1-4-9-16)17-10-5-2-6-11-17/h1-13,18H,14-15H2,(H,26,28)(H,27,29). The monoisotopic (exact) mass is 394 g/mol. The zero-order valence-corrected chi connectivity index (χ0v) is 15.6. The summed E-state index contributed by atoms with van der Waals surface area (Å²) in [5.41, 5.74) is 1.43. The number of hydrogen-bond acceptors (Lipinski definition) is 2. The van der Waals surface area contributed by atoms with Crippen LogP contribution in [0.25, 0.3) is 0 Å². The van der Waals surface area contributed by atoms with Crippen LogP contribution in [0.1, 0.15) is 23.5 Å². The molecule has 0 aromatic heterocycles. The second-order valence-corrected chi connectivity index (χ2v) is 6.50. The first-order valence-electron chi connectivity index (χ1n) is 9.15. The Morgan fingerprint density at radius 3 is 1.76 bits per heavy atom. The normalized spacial score (nSPS) is 10.6. The van der Waals surface area contributed by atoms with Crippen LogP contribution >= 0.6 is 0 Å². The molecule has 0 saturated heterocycles. The van der Waals surface area contributed by atoms with Crippen LogP contribution < -0.4 is 10.6 Å². The smallest absolute Gasteiger partial charge is 0.243 e. The van der Waals surface area contributed by atoms with E-state index in [9.17, 15) is 18.4 Å². The number of hydrogen-bond donors (Lipinski definition) is 2. The van der Waals surface area contributed by atoms with E-state index in [-0.39, 0.29) is 24.8 Å². The number of benzene rings is 3. The lowest BCUT2D eigenvalue weighted by Gasteiger charge is -2.18. The van der Waals surface area contributed by atoms with Gasteiger partial charge in [0.15, 0.2) is 0 Å². The summed E-state index contributed by atoms with van der Waals surface area (Å²) < 4.78 is 27.2. The topological polar surface area (TPSA) is 58.2 Å². The molecule has 0 spiro atoms. The van der Waals surface area contributed by atoms with Gasteiger partial charge in [-0.3, -0.25) is 9.59 Å². The molecule has 0 aliphatic rings. The maximum absolute atomic E-state index is 13.6. The van der Waals surface area contributed by atoms with E-state index in [1.807, 2.05) is 60.7 Å². The van der Waals surface area contributed by atoms with Gasteiger partial charge in [-0.25, -0.2) is 8.78 Å². The number of amides is 2. The van der Waals surface area contributed by atoms with E-state index in [1.165, 1.54) is 6.07 Å². The van der Waals surface area contributed by atoms with Gasteiger partial charge in [-0.2, -0.15) is 0 Å². The fourth-order valence-electron chi connectivity index (χ4n) is 3.04. The fraction of sp³-hybridized carbons (Fsp3) is 0.130. The third-order valence-corrected chi connectivity index (χ3v) is 4.47. The maximum Gasteiger partial charge on any atom is 0.243 e. The van der Waals surface area contributed by atoms with Gasteiger partial charge >= 0.3 is 0 Å². The van der Waals surface area contributed by atoms with Gasteiger partial charge < -0.3 is 10.6 Å². The first kappa shape index (κ1) is 20.2. The van der Waals surface area contributed by atoms with Crippen LogP contribution in [0, 0.1) is 11.6 Å². The average Bonchev–Trinajstić information content (AvgIpc) is 2.74. The maximum atomic E-state index is 13.6. The quantitative estimate of drug-likeness (QED) is 0.630. The third-order valence-electron chi connectivity index (χ3n) is 4.47. The van der Waals surface area contributed by atoms with Gasteiger partial charge in [0.1, 0.15) is 17.3 Å². The molecule has 3 aromatic rings. The summed E-state index contributed by atoms with van der Waals surface area (Å²) in [4.78, 5) is 24.4. The summed E-state index contributed by atoms with van der Waals surface area (Å²) in [5, 5.41) is 4.66. The molecule has 2 N–H and O–H groups in total. The predicted molar refractivity (Wildman–Crippen MR) is 107 cm³/mol. The van der Waals surface area contributed by atoms with Gasteiger partial charge in [0.2, 0.25) is 11.8 Å². The van der Waals surface area contributed by atoms with Crippen molar-refractivity contribution in [3.63, 3.8) is 0 Å². The van der Waals surface area contributed by atoms with Gasteiger partial charge in [-0.15, -0.1) is 0 Å². The molecule has 3 aromatic carbocycles. The molecule has 148 valence electrons. The predicted octanol–water partition coefficient (Wildman–Crippen LogP) is 4.24. The second kappa shape index (κ2) is 9.59. The Morgan fingerprint density at radius 2 is 1.24 bits per heavy atom. The average molecular weight is 394 g/mol. The minimum absolute atomic E-state index is 0.134. The van der Waals surface area contributed by atoms with Crippen LogP contribution in [0.5, 0.6) is 0 Å². The van der Waals surface area contributed by atoms with Crippen molar-refractivity contribution in [3.8, 4) is 0 Å². The molecule has 0 fully saturated rings. The molecule has 0 aliphatic carbocycles. The summed E-state index contributed by atoms with van der Waals surface area (Å²) in [6, 6.07) is 22.5. The SMILES string of the molecule is O=C(CC(c1ccccc1)c1ccccc1)NCC(=O)Nc1c(F)cccc1F. The fourth-order valence-corrected chi connectivity index (χ4v) is 3.04. The highest BCUT2D eigenvalue weighted by Crippen LogP contribution is 2.27. The van der Waals surface area contributed by atoms with Crippen LogP contribution in [-0.4, -0.2) is 18.4 Å². The minimum atomic E-state index is -0.877. The lowest BCUT2D eigenvalue weighted by atomic mass is 9.88. The van der Waals surface area contributed by atoms with Crippen LogP contribution in [0.4, 0.5) is 14.5 Å². The summed E-state index contributed by atoms with van der Waals surface area (Å²) >= 11 is 0. The summed E-state index contributed by atoms with van der Waals surface area (Å²) in [6.07, 6.45) is 0.134. The number of carbonyl (C=O) groups excluding carboxylic acids is 2. The largest absolute Gasteiger partial charge is 0.347 e. The first-order valence-corrected chi connectivity index (χ1v) is 9.15. The van der Waals surface area contributed by atoms with E-state index in [2.05, 4.69) is 10.6 Å². The van der Waals surface area contributed by atoms with E-state index in [4.69, 9.17) is 0 Å². The Kier molecular flexibility index (Phi) is 6.68. The highest BCUT2D eigenvalue weighted by molar-refractivity contribution is 5.94. The van der Waals surface area contributed by atoms with Crippen LogP contribution in [0.3, 0.4) is 0 Å². The number of anilines is 1. The molecule has 0 saturated carbocycles. The van der Waals surface area contributed by atoms with Crippen LogP contribution in [0.15, 0.2) is 78.9 Å². The van der Waals surface area contributed by atoms with Crippen LogP contribution in [-0.2, 0) is 9.59 Å². The zero-order chi connectivity index (χ0) is 20.6. The molecule has 0 atom stereocenters. The van der Waals surface area contributed by atoms with Crippen molar-refractivity contribution in [3.05, 3.63) is 102 Å². The molecule has 2 amide bonds. The van der Waals surface area contributed by atoms with Crippen molar-refractivity contribution < 1.29 is 18.4 Å². The van der Waals surface area contributed by atoms with Gasteiger partial charge in [-0.05, 0) is 23.3 Å². The molecular formula is C23H20F2N2O2. The van der Waals surface area contributed by atoms with Crippen molar-refractivity contribution >= 4 is 17.5 Å². The Morgan fingerprint density at radius 1 is 0.724 bits per heavy atom. The number of para-hydroxylation sites is 1. The van der Waals surface area contributed by atoms with Crippen molar-refractivity contribution in [2.75, 3.05) is 11.9 Å². The molecule has 6 heteroatoms. The van der Waals surface area contributed by atoms with Gasteiger partial charge in [0.05, 0.1) is 6.54 Å². The highest BCUT2D eigenvalue weighted by atomic mass is 19.1. The molecular weight excluding hydrogens is 374 g/mol. The summed E-state index contributed by atoms with van der Waals surface area (Å²) in [5.74, 6) is -2.98. The Hall–Kier alpha value is -3.54. The molecule has 29 heavy (non-hydrogen) atoms. The van der Waals surface area contributed by atoms with E-state index in [1.54, 1.807) is 0 Å². The molecule has 0 heterocycles. The molecule has 0 unspecified atom stereocenters. The molecule has 0 aliphatic heterocycles. The van der Waals surface area contributed by atoms with E-state index >= 15 is 0 Å². The Labute approximate surface area is 167 Å². The van der Waals surface area contributed by atoms with Gasteiger partial charge in [0.25, 0.3) is 0 Å². The Balaban J connectivity index is 1.63. The lowest BCUT2D eigenvalue weighted by Crippen LogP contribution is -2.34. The minimum Gasteiger partial charge on any atom is -0.347 e. The van der Waals surface area contributed by atoms with E-state index < -0.39 is 23.2 Å². The third kappa shape index (κ3) is 5.48. The summed E-state index contributed by atoms with van der Waals surface area (Å²) in [6.45, 7) is -0.386. The lowest BCUT2D eigenvalue weighted by molar-refractivity contribution is -0.124. The summed E-state index contributed by atoms with van der Waals surface area (Å²) in [7, 11) is 0. The molecule has 0 bridgehead atoms. The number of carbonyl (C=O) groups is 2. The number of rotatable bonds is 7. The van der Waals surface area contributed by atoms with Gasteiger partial charge in [0, 0.05) is 12.3 Å². The second-order valence-electron chi connectivity index (χ2n) is 6.50. The van der Waals surface area contributed by atoms with Crippen molar-refractivity contribution in [1.29, 1.82) is 0 Å². The number of nitrogens with one attached hydrogen (secondary N) is 2. The number of halogens is 2. The molecule has 3 rings (SSSR count). The highest BCUT2D eigenvalue weighted by Gasteiger charge is 2.19. The first-order chi connectivity index (χ1) is 14.0. The van der Waals surface area contributed by atoms with Crippen molar-refractivity contribution in [2.45, 2.75) is 12.3 Å². The van der Waals surface area contributed by atoms with Crippen molar-refractivity contribution in [2.24, 2.45) is 0 Å². The zero-order valence-electron chi connectivity index (χ0n) is 15.6. The van der Waals surface area contributed by atoms with Crippen LogP contribution in [0.2, 0.25) is 0 Å². The Bertz CT molecular complexity index is 919. The molecule has 0 radical (unpaired) electrons. The van der Waals surface area contributed by atoms with Gasteiger partial charge in [-0.1, -0.05) is 66.7 Å².